The van der Waals surface area contributed by atoms with Crippen molar-refractivity contribution in [2.24, 2.45) is 0 Å². The molecule has 1 amide bonds. The number of rotatable bonds is 4. The first-order chi connectivity index (χ1) is 11.4. The van der Waals surface area contributed by atoms with Gasteiger partial charge in [0.05, 0.1) is 15.6 Å². The number of nitrogens with zero attached hydrogens (tertiary/aromatic N) is 2. The molecule has 0 saturated carbocycles. The van der Waals surface area contributed by atoms with Crippen LogP contribution in [0.15, 0.2) is 48.0 Å². The van der Waals surface area contributed by atoms with Gasteiger partial charge < -0.3 is 5.32 Å². The zero-order valence-corrected chi connectivity index (χ0v) is 13.5. The van der Waals surface area contributed by atoms with Crippen LogP contribution < -0.4 is 5.32 Å². The van der Waals surface area contributed by atoms with Crippen LogP contribution in [0.2, 0.25) is 10.0 Å². The van der Waals surface area contributed by atoms with Crippen molar-refractivity contribution in [2.75, 3.05) is 5.32 Å². The van der Waals surface area contributed by atoms with Crippen LogP contribution in [0.4, 0.5) is 11.4 Å². The minimum Gasteiger partial charge on any atom is -0.320 e. The van der Waals surface area contributed by atoms with Crippen LogP contribution in [0.5, 0.6) is 0 Å². The molecule has 8 heteroatoms. The Morgan fingerprint density at radius 1 is 1.25 bits per heavy atom. The third-order valence-electron chi connectivity index (χ3n) is 2.94. The first-order valence-electron chi connectivity index (χ1n) is 6.53. The molecule has 0 aromatic heterocycles. The molecular formula is C16H9Cl2N3O3. The van der Waals surface area contributed by atoms with Crippen molar-refractivity contribution in [3.63, 3.8) is 0 Å². The molecule has 120 valence electrons. The van der Waals surface area contributed by atoms with Crippen LogP contribution in [0.3, 0.4) is 0 Å². The highest BCUT2D eigenvalue weighted by atomic mass is 35.5. The summed E-state index contributed by atoms with van der Waals surface area (Å²) in [6.07, 6.45) is 1.26. The van der Waals surface area contributed by atoms with Crippen LogP contribution in [0, 0.1) is 21.4 Å². The number of non-ortho nitro benzene ring substituents is 1. The lowest BCUT2D eigenvalue weighted by Gasteiger charge is -2.06. The van der Waals surface area contributed by atoms with Crippen molar-refractivity contribution in [2.45, 2.75) is 0 Å². The van der Waals surface area contributed by atoms with Crippen LogP contribution in [0.25, 0.3) is 6.08 Å². The third kappa shape index (κ3) is 4.32. The summed E-state index contributed by atoms with van der Waals surface area (Å²) in [6, 6.07) is 11.9. The van der Waals surface area contributed by atoms with E-state index in [0.717, 1.165) is 0 Å². The lowest BCUT2D eigenvalue weighted by atomic mass is 10.1. The topological polar surface area (TPSA) is 96.0 Å². The molecule has 6 nitrogen and oxygen atoms in total. The van der Waals surface area contributed by atoms with Gasteiger partial charge in [-0.05, 0) is 29.8 Å². The predicted molar refractivity (Wildman–Crippen MR) is 91.8 cm³/mol. The summed E-state index contributed by atoms with van der Waals surface area (Å²) >= 11 is 11.7. The second-order valence-electron chi connectivity index (χ2n) is 4.60. The molecule has 0 aliphatic rings. The molecule has 0 aliphatic heterocycles. The molecule has 0 saturated heterocycles. The molecule has 0 fully saturated rings. The van der Waals surface area contributed by atoms with E-state index in [4.69, 9.17) is 28.5 Å². The number of nitrogens with one attached hydrogen (secondary N) is 1. The number of anilines is 1. The van der Waals surface area contributed by atoms with Gasteiger partial charge in [0.2, 0.25) is 0 Å². The van der Waals surface area contributed by atoms with E-state index in [1.54, 1.807) is 18.2 Å². The quantitative estimate of drug-likeness (QED) is 0.376. The minimum atomic E-state index is -0.687. The van der Waals surface area contributed by atoms with Crippen LogP contribution in [0.1, 0.15) is 5.56 Å². The van der Waals surface area contributed by atoms with Gasteiger partial charge in [-0.2, -0.15) is 5.26 Å². The van der Waals surface area contributed by atoms with Crippen molar-refractivity contribution < 1.29 is 9.72 Å². The highest BCUT2D eigenvalue weighted by Gasteiger charge is 2.13. The standard InChI is InChI=1S/C16H9Cl2N3O3/c17-12-4-5-15(14(18)8-12)20-16(22)11(9-19)6-10-2-1-3-13(7-10)21(23)24/h1-8H,(H,20,22)/b11-6+. The van der Waals surface area contributed by atoms with Gasteiger partial charge in [-0.25, -0.2) is 0 Å². The average Bonchev–Trinajstić information content (AvgIpc) is 2.55. The zero-order chi connectivity index (χ0) is 17.7. The Morgan fingerprint density at radius 2 is 2.00 bits per heavy atom. The van der Waals surface area contributed by atoms with Gasteiger partial charge in [0.15, 0.2) is 0 Å². The number of carbonyl (C=O) groups excluding carboxylic acids is 1. The van der Waals surface area contributed by atoms with Gasteiger partial charge >= 0.3 is 0 Å². The summed E-state index contributed by atoms with van der Waals surface area (Å²) < 4.78 is 0. The van der Waals surface area contributed by atoms with Gasteiger partial charge in [-0.3, -0.25) is 14.9 Å². The molecular weight excluding hydrogens is 353 g/mol. The van der Waals surface area contributed by atoms with Crippen molar-refractivity contribution in [1.82, 2.24) is 0 Å². The molecule has 2 rings (SSSR count). The molecule has 2 aromatic rings. The Hall–Kier alpha value is -2.88. The number of halogens is 2. The van der Waals surface area contributed by atoms with Gasteiger partial charge in [0.25, 0.3) is 11.6 Å². The van der Waals surface area contributed by atoms with Gasteiger partial charge in [-0.15, -0.1) is 0 Å². The molecule has 0 spiro atoms. The molecule has 0 radical (unpaired) electrons. The molecule has 1 N–H and O–H groups in total. The van der Waals surface area contributed by atoms with Crippen molar-refractivity contribution in [1.29, 1.82) is 5.26 Å². The predicted octanol–water partition coefficient (Wildman–Crippen LogP) is 4.45. The Bertz CT molecular complexity index is 888. The Kier molecular flexibility index (Phi) is 5.53. The van der Waals surface area contributed by atoms with Crippen LogP contribution >= 0.6 is 23.2 Å². The van der Waals surface area contributed by atoms with E-state index in [0.29, 0.717) is 16.3 Å². The number of amides is 1. The zero-order valence-electron chi connectivity index (χ0n) is 12.0. The lowest BCUT2D eigenvalue weighted by Crippen LogP contribution is -2.13. The maximum absolute atomic E-state index is 12.2. The highest BCUT2D eigenvalue weighted by Crippen LogP contribution is 2.26. The van der Waals surface area contributed by atoms with Gasteiger partial charge in [-0.1, -0.05) is 35.3 Å². The number of hydrogen-bond donors (Lipinski definition) is 1. The molecule has 24 heavy (non-hydrogen) atoms. The fourth-order valence-electron chi connectivity index (χ4n) is 1.82. The van der Waals surface area contributed by atoms with Crippen LogP contribution in [-0.2, 0) is 4.79 Å². The van der Waals surface area contributed by atoms with E-state index in [9.17, 15) is 14.9 Å². The Labute approximate surface area is 147 Å². The monoisotopic (exact) mass is 361 g/mol. The Morgan fingerprint density at radius 3 is 2.62 bits per heavy atom. The fraction of sp³-hybridized carbons (Fsp3) is 0. The smallest absolute Gasteiger partial charge is 0.270 e. The summed E-state index contributed by atoms with van der Waals surface area (Å²) in [5.41, 5.74) is 0.299. The molecule has 2 aromatic carbocycles. The van der Waals surface area contributed by atoms with Crippen molar-refractivity contribution in [3.05, 3.63) is 73.8 Å². The molecule has 0 bridgehead atoms. The number of nitro groups is 1. The van der Waals surface area contributed by atoms with E-state index in [1.165, 1.54) is 36.4 Å². The summed E-state index contributed by atoms with van der Waals surface area (Å²) in [5.74, 6) is -0.687. The summed E-state index contributed by atoms with van der Waals surface area (Å²) in [5, 5.41) is 23.0. The van der Waals surface area contributed by atoms with Gasteiger partial charge in [0.1, 0.15) is 11.6 Å². The molecule has 0 atom stereocenters. The second-order valence-corrected chi connectivity index (χ2v) is 5.44. The van der Waals surface area contributed by atoms with E-state index in [1.807, 2.05) is 0 Å². The number of nitro benzene ring substituents is 1. The largest absolute Gasteiger partial charge is 0.320 e. The minimum absolute atomic E-state index is 0.137. The summed E-state index contributed by atoms with van der Waals surface area (Å²) in [4.78, 5) is 22.4. The van der Waals surface area contributed by atoms with E-state index >= 15 is 0 Å². The lowest BCUT2D eigenvalue weighted by molar-refractivity contribution is -0.384. The average molecular weight is 362 g/mol. The van der Waals surface area contributed by atoms with E-state index in [2.05, 4.69) is 5.32 Å². The van der Waals surface area contributed by atoms with E-state index < -0.39 is 10.8 Å². The fourth-order valence-corrected chi connectivity index (χ4v) is 2.28. The van der Waals surface area contributed by atoms with Crippen molar-refractivity contribution in [3.8, 4) is 6.07 Å². The maximum Gasteiger partial charge on any atom is 0.270 e. The van der Waals surface area contributed by atoms with Crippen molar-refractivity contribution >= 4 is 46.6 Å². The summed E-state index contributed by atoms with van der Waals surface area (Å²) in [6.45, 7) is 0. The third-order valence-corrected chi connectivity index (χ3v) is 3.48. The molecule has 0 aliphatic carbocycles. The van der Waals surface area contributed by atoms with Gasteiger partial charge in [0, 0.05) is 17.2 Å². The van der Waals surface area contributed by atoms with Crippen LogP contribution in [-0.4, -0.2) is 10.8 Å². The second kappa shape index (κ2) is 7.59. The normalized spacial score (nSPS) is 10.8. The molecule has 0 unspecified atom stereocenters. The first kappa shape index (κ1) is 17.5. The number of benzene rings is 2. The molecule has 0 heterocycles. The SMILES string of the molecule is N#C/C(=C\c1cccc([N+](=O)[O-])c1)C(=O)Nc1ccc(Cl)cc1Cl. The Balaban J connectivity index is 2.27. The first-order valence-corrected chi connectivity index (χ1v) is 7.29. The number of carbonyl (C=O) groups is 1. The maximum atomic E-state index is 12.2. The number of hydrogen-bond acceptors (Lipinski definition) is 4. The number of nitriles is 1. The van der Waals surface area contributed by atoms with E-state index in [-0.39, 0.29) is 16.3 Å². The highest BCUT2D eigenvalue weighted by molar-refractivity contribution is 6.36. The summed E-state index contributed by atoms with van der Waals surface area (Å²) in [7, 11) is 0.